The van der Waals surface area contributed by atoms with Crippen molar-refractivity contribution in [3.8, 4) is 28.3 Å². The summed E-state index contributed by atoms with van der Waals surface area (Å²) < 4.78 is 6.36. The number of pyridine rings is 1. The Balaban J connectivity index is 1.66. The molecule has 0 amide bonds. The van der Waals surface area contributed by atoms with E-state index in [9.17, 15) is 5.26 Å². The fourth-order valence-corrected chi connectivity index (χ4v) is 4.34. The van der Waals surface area contributed by atoms with Crippen LogP contribution in [0.5, 0.6) is 0 Å². The smallest absolute Gasteiger partial charge is 0.136 e. The summed E-state index contributed by atoms with van der Waals surface area (Å²) in [6, 6.07) is 31.2. The van der Waals surface area contributed by atoms with Crippen molar-refractivity contribution in [3.05, 3.63) is 103 Å². The van der Waals surface area contributed by atoms with Gasteiger partial charge in [0.05, 0.1) is 5.56 Å². The van der Waals surface area contributed by atoms with E-state index in [4.69, 9.17) is 4.42 Å². The van der Waals surface area contributed by atoms with Crippen LogP contribution in [0.3, 0.4) is 0 Å². The molecule has 6 aromatic rings. The van der Waals surface area contributed by atoms with E-state index in [2.05, 4.69) is 59.6 Å². The van der Waals surface area contributed by atoms with E-state index in [-0.39, 0.29) is 0 Å². The van der Waals surface area contributed by atoms with Crippen LogP contribution in [-0.2, 0) is 0 Å². The molecule has 0 N–H and O–H groups in total. The van der Waals surface area contributed by atoms with Crippen LogP contribution in [0.15, 0.2) is 102 Å². The number of hydrogen-bond donors (Lipinski definition) is 0. The molecular formula is C28H16N2O. The minimum absolute atomic E-state index is 0.541. The van der Waals surface area contributed by atoms with Gasteiger partial charge in [-0.25, -0.2) is 0 Å². The Morgan fingerprint density at radius 1 is 0.645 bits per heavy atom. The molecule has 0 radical (unpaired) electrons. The molecule has 0 atom stereocenters. The highest BCUT2D eigenvalue weighted by Gasteiger charge is 2.15. The number of nitrogens with zero attached hydrogens (tertiary/aromatic N) is 2. The molecule has 144 valence electrons. The van der Waals surface area contributed by atoms with Crippen molar-refractivity contribution in [2.45, 2.75) is 0 Å². The van der Waals surface area contributed by atoms with Gasteiger partial charge in [-0.3, -0.25) is 4.98 Å². The van der Waals surface area contributed by atoms with Gasteiger partial charge >= 0.3 is 0 Å². The lowest BCUT2D eigenvalue weighted by molar-refractivity contribution is 0.669. The lowest BCUT2D eigenvalue weighted by Crippen LogP contribution is -1.86. The van der Waals surface area contributed by atoms with Gasteiger partial charge in [0, 0.05) is 28.7 Å². The Morgan fingerprint density at radius 2 is 1.45 bits per heavy atom. The third kappa shape index (κ3) is 2.78. The topological polar surface area (TPSA) is 49.8 Å². The van der Waals surface area contributed by atoms with Gasteiger partial charge in [0.2, 0.25) is 0 Å². The van der Waals surface area contributed by atoms with Crippen molar-refractivity contribution in [1.29, 1.82) is 5.26 Å². The summed E-state index contributed by atoms with van der Waals surface area (Å²) in [6.07, 6.45) is 3.38. The number of nitriles is 1. The molecule has 3 heteroatoms. The fourth-order valence-electron chi connectivity index (χ4n) is 4.34. The van der Waals surface area contributed by atoms with Crippen molar-refractivity contribution in [3.63, 3.8) is 0 Å². The van der Waals surface area contributed by atoms with Crippen LogP contribution in [-0.4, -0.2) is 4.98 Å². The van der Waals surface area contributed by atoms with Crippen molar-refractivity contribution >= 4 is 32.7 Å². The molecule has 2 heterocycles. The first-order chi connectivity index (χ1) is 15.3. The third-order valence-corrected chi connectivity index (χ3v) is 5.76. The Kier molecular flexibility index (Phi) is 3.84. The molecule has 0 aliphatic rings. The molecule has 0 saturated carbocycles. The molecule has 2 aromatic heterocycles. The van der Waals surface area contributed by atoms with Gasteiger partial charge in [0.15, 0.2) is 0 Å². The van der Waals surface area contributed by atoms with Crippen molar-refractivity contribution in [2.75, 3.05) is 0 Å². The van der Waals surface area contributed by atoms with E-state index in [1.165, 1.54) is 0 Å². The SMILES string of the molecule is N#Cc1cncc(-c2cc3oc4cc(-c5ccccc5)ccc4c3c3ccccc23)c1. The van der Waals surface area contributed by atoms with Crippen LogP contribution in [0.25, 0.3) is 55.0 Å². The maximum atomic E-state index is 9.30. The summed E-state index contributed by atoms with van der Waals surface area (Å²) in [6.45, 7) is 0. The summed E-state index contributed by atoms with van der Waals surface area (Å²) in [5.41, 5.74) is 6.44. The quantitative estimate of drug-likeness (QED) is 0.308. The number of furan rings is 1. The van der Waals surface area contributed by atoms with E-state index >= 15 is 0 Å². The lowest BCUT2D eigenvalue weighted by Gasteiger charge is -2.08. The van der Waals surface area contributed by atoms with Crippen molar-refractivity contribution in [1.82, 2.24) is 4.98 Å². The lowest BCUT2D eigenvalue weighted by atomic mass is 9.95. The Bertz CT molecular complexity index is 1640. The van der Waals surface area contributed by atoms with Crippen LogP contribution >= 0.6 is 0 Å². The van der Waals surface area contributed by atoms with Gasteiger partial charge in [-0.05, 0) is 51.7 Å². The monoisotopic (exact) mass is 396 g/mol. The number of rotatable bonds is 2. The molecule has 0 bridgehead atoms. The standard InChI is InChI=1S/C28H16N2O/c29-15-18-12-21(17-30-16-18)25-14-27-28(23-9-5-4-8-22(23)25)24-11-10-20(13-26(24)31-27)19-6-2-1-3-7-19/h1-14,16-17H. The number of aromatic nitrogens is 1. The minimum atomic E-state index is 0.541. The van der Waals surface area contributed by atoms with Gasteiger partial charge in [0.1, 0.15) is 17.2 Å². The Morgan fingerprint density at radius 3 is 2.29 bits per heavy atom. The molecular weight excluding hydrogens is 380 g/mol. The maximum absolute atomic E-state index is 9.30. The molecule has 0 aliphatic heterocycles. The van der Waals surface area contributed by atoms with Crippen molar-refractivity contribution < 1.29 is 4.42 Å². The van der Waals surface area contributed by atoms with Crippen LogP contribution < -0.4 is 0 Å². The summed E-state index contributed by atoms with van der Waals surface area (Å²) in [5.74, 6) is 0. The molecule has 6 rings (SSSR count). The second-order valence-electron chi connectivity index (χ2n) is 7.60. The second kappa shape index (κ2) is 6.83. The van der Waals surface area contributed by atoms with Crippen molar-refractivity contribution in [2.24, 2.45) is 0 Å². The highest BCUT2D eigenvalue weighted by molar-refractivity contribution is 6.22. The van der Waals surface area contributed by atoms with E-state index in [1.54, 1.807) is 12.4 Å². The molecule has 0 aliphatic carbocycles. The molecule has 0 spiro atoms. The Labute approximate surface area is 178 Å². The van der Waals surface area contributed by atoms with Crippen LogP contribution in [0.4, 0.5) is 0 Å². The van der Waals surface area contributed by atoms with Gasteiger partial charge < -0.3 is 4.42 Å². The highest BCUT2D eigenvalue weighted by atomic mass is 16.3. The predicted molar refractivity (Wildman–Crippen MR) is 125 cm³/mol. The average molecular weight is 396 g/mol. The van der Waals surface area contributed by atoms with Gasteiger partial charge in [-0.15, -0.1) is 0 Å². The number of hydrogen-bond acceptors (Lipinski definition) is 3. The first-order valence-electron chi connectivity index (χ1n) is 10.1. The minimum Gasteiger partial charge on any atom is -0.456 e. The summed E-state index contributed by atoms with van der Waals surface area (Å²) in [4.78, 5) is 4.25. The van der Waals surface area contributed by atoms with Gasteiger partial charge in [0.25, 0.3) is 0 Å². The van der Waals surface area contributed by atoms with Crippen LogP contribution in [0, 0.1) is 11.3 Å². The van der Waals surface area contributed by atoms with Gasteiger partial charge in [-0.2, -0.15) is 5.26 Å². The molecule has 3 nitrogen and oxygen atoms in total. The maximum Gasteiger partial charge on any atom is 0.136 e. The third-order valence-electron chi connectivity index (χ3n) is 5.76. The Hall–Kier alpha value is -4.42. The summed E-state index contributed by atoms with van der Waals surface area (Å²) in [5, 5.41) is 13.7. The zero-order chi connectivity index (χ0) is 20.8. The van der Waals surface area contributed by atoms with Crippen LogP contribution in [0.2, 0.25) is 0 Å². The second-order valence-corrected chi connectivity index (χ2v) is 7.60. The molecule has 0 fully saturated rings. The number of fused-ring (bicyclic) bond motifs is 5. The van der Waals surface area contributed by atoms with E-state index in [1.807, 2.05) is 36.4 Å². The fraction of sp³-hybridized carbons (Fsp3) is 0. The zero-order valence-corrected chi connectivity index (χ0v) is 16.5. The highest BCUT2D eigenvalue weighted by Crippen LogP contribution is 2.40. The summed E-state index contributed by atoms with van der Waals surface area (Å²) >= 11 is 0. The molecule has 31 heavy (non-hydrogen) atoms. The number of benzene rings is 4. The van der Waals surface area contributed by atoms with Crippen LogP contribution in [0.1, 0.15) is 5.56 Å². The first-order valence-corrected chi connectivity index (χ1v) is 10.1. The van der Waals surface area contributed by atoms with E-state index < -0.39 is 0 Å². The zero-order valence-electron chi connectivity index (χ0n) is 16.5. The normalized spacial score (nSPS) is 11.2. The first kappa shape index (κ1) is 17.4. The summed E-state index contributed by atoms with van der Waals surface area (Å²) in [7, 11) is 0. The molecule has 4 aromatic carbocycles. The van der Waals surface area contributed by atoms with Gasteiger partial charge in [-0.1, -0.05) is 60.7 Å². The van der Waals surface area contributed by atoms with E-state index in [0.29, 0.717) is 5.56 Å². The predicted octanol–water partition coefficient (Wildman–Crippen LogP) is 7.34. The van der Waals surface area contributed by atoms with E-state index in [0.717, 1.165) is 55.0 Å². The average Bonchev–Trinajstić information content (AvgIpc) is 3.22. The molecule has 0 unspecified atom stereocenters. The molecule has 0 saturated heterocycles. The largest absolute Gasteiger partial charge is 0.456 e.